The van der Waals surface area contributed by atoms with Crippen molar-refractivity contribution in [3.63, 3.8) is 0 Å². The summed E-state index contributed by atoms with van der Waals surface area (Å²) in [5.41, 5.74) is 1.95. The molecule has 3 nitrogen and oxygen atoms in total. The molecule has 0 bridgehead atoms. The van der Waals surface area contributed by atoms with Gasteiger partial charge in [-0.25, -0.2) is 13.1 Å². The van der Waals surface area contributed by atoms with Crippen LogP contribution in [0.5, 0.6) is 0 Å². The highest BCUT2D eigenvalue weighted by Crippen LogP contribution is 2.23. The zero-order chi connectivity index (χ0) is 13.7. The van der Waals surface area contributed by atoms with Gasteiger partial charge in [-0.3, -0.25) is 0 Å². The third kappa shape index (κ3) is 4.96. The molecule has 1 fully saturated rings. The molecular formula is C15H23NO2S. The Bertz CT molecular complexity index is 505. The van der Waals surface area contributed by atoms with Crippen LogP contribution in [0, 0.1) is 12.8 Å². The Morgan fingerprint density at radius 2 is 1.95 bits per heavy atom. The summed E-state index contributed by atoms with van der Waals surface area (Å²) in [5.74, 6) is 0.613. The van der Waals surface area contributed by atoms with Gasteiger partial charge in [-0.05, 0) is 31.2 Å². The highest BCUT2D eigenvalue weighted by atomic mass is 32.2. The predicted octanol–water partition coefficient (Wildman–Crippen LogP) is 2.99. The molecule has 1 aliphatic rings. The standard InChI is InChI=1S/C15H23NO2S/c1-13-6-5-9-15(10-13)12-19(17,18)16-11-14-7-3-2-4-8-14/h5-6,9-10,14,16H,2-4,7-8,11-12H2,1H3. The van der Waals surface area contributed by atoms with Gasteiger partial charge < -0.3 is 0 Å². The minimum Gasteiger partial charge on any atom is -0.215 e. The summed E-state index contributed by atoms with van der Waals surface area (Å²) in [4.78, 5) is 0. The van der Waals surface area contributed by atoms with Crippen molar-refractivity contribution >= 4 is 10.0 Å². The van der Waals surface area contributed by atoms with Crippen molar-refractivity contribution in [1.82, 2.24) is 4.72 Å². The van der Waals surface area contributed by atoms with Crippen LogP contribution in [0.3, 0.4) is 0 Å². The molecule has 0 spiro atoms. The molecule has 1 saturated carbocycles. The van der Waals surface area contributed by atoms with Crippen molar-refractivity contribution in [2.24, 2.45) is 5.92 Å². The van der Waals surface area contributed by atoms with Gasteiger partial charge in [0.15, 0.2) is 0 Å². The van der Waals surface area contributed by atoms with E-state index in [4.69, 9.17) is 0 Å². The number of hydrogen-bond donors (Lipinski definition) is 1. The second kappa shape index (κ2) is 6.53. The number of aryl methyl sites for hydroxylation is 1. The van der Waals surface area contributed by atoms with E-state index in [2.05, 4.69) is 4.72 Å². The Balaban J connectivity index is 1.87. The molecule has 0 amide bonds. The minimum atomic E-state index is -3.20. The van der Waals surface area contributed by atoms with Crippen LogP contribution in [-0.2, 0) is 15.8 Å². The summed E-state index contributed by atoms with van der Waals surface area (Å²) in [7, 11) is -3.20. The number of nitrogens with one attached hydrogen (secondary N) is 1. The molecule has 1 N–H and O–H groups in total. The van der Waals surface area contributed by atoms with Gasteiger partial charge in [0.25, 0.3) is 0 Å². The molecule has 0 saturated heterocycles. The number of hydrogen-bond acceptors (Lipinski definition) is 2. The van der Waals surface area contributed by atoms with E-state index in [0.29, 0.717) is 12.5 Å². The lowest BCUT2D eigenvalue weighted by atomic mass is 9.90. The summed E-state index contributed by atoms with van der Waals surface area (Å²) in [6.07, 6.45) is 6.10. The molecule has 0 heterocycles. The highest BCUT2D eigenvalue weighted by Gasteiger charge is 2.17. The van der Waals surface area contributed by atoms with Crippen LogP contribution in [-0.4, -0.2) is 15.0 Å². The first kappa shape index (κ1) is 14.5. The lowest BCUT2D eigenvalue weighted by Gasteiger charge is -2.21. The first-order valence-corrected chi connectivity index (χ1v) is 8.73. The monoisotopic (exact) mass is 281 g/mol. The van der Waals surface area contributed by atoms with Crippen LogP contribution in [0.2, 0.25) is 0 Å². The summed E-state index contributed by atoms with van der Waals surface area (Å²) < 4.78 is 26.9. The fraction of sp³-hybridized carbons (Fsp3) is 0.600. The van der Waals surface area contributed by atoms with Gasteiger partial charge in [-0.15, -0.1) is 0 Å². The second-order valence-electron chi connectivity index (χ2n) is 5.60. The molecule has 1 aliphatic carbocycles. The fourth-order valence-electron chi connectivity index (χ4n) is 2.71. The quantitative estimate of drug-likeness (QED) is 0.902. The predicted molar refractivity (Wildman–Crippen MR) is 78.4 cm³/mol. The molecule has 19 heavy (non-hydrogen) atoms. The Hall–Kier alpha value is -0.870. The van der Waals surface area contributed by atoms with E-state index >= 15 is 0 Å². The van der Waals surface area contributed by atoms with Crippen molar-refractivity contribution in [2.75, 3.05) is 6.54 Å². The molecule has 0 radical (unpaired) electrons. The van der Waals surface area contributed by atoms with E-state index in [1.54, 1.807) is 0 Å². The third-order valence-electron chi connectivity index (χ3n) is 3.76. The van der Waals surface area contributed by atoms with Gasteiger partial charge in [-0.2, -0.15) is 0 Å². The average molecular weight is 281 g/mol. The Morgan fingerprint density at radius 1 is 1.21 bits per heavy atom. The van der Waals surface area contributed by atoms with Gasteiger partial charge >= 0.3 is 0 Å². The van der Waals surface area contributed by atoms with Gasteiger partial charge in [0.1, 0.15) is 0 Å². The Labute approximate surface area is 116 Å². The van der Waals surface area contributed by atoms with Crippen LogP contribution < -0.4 is 4.72 Å². The molecule has 0 aliphatic heterocycles. The van der Waals surface area contributed by atoms with Gasteiger partial charge in [0.05, 0.1) is 5.75 Å². The summed E-state index contributed by atoms with van der Waals surface area (Å²) >= 11 is 0. The SMILES string of the molecule is Cc1cccc(CS(=O)(=O)NCC2CCCCC2)c1. The van der Waals surface area contributed by atoms with E-state index in [9.17, 15) is 8.42 Å². The van der Waals surface area contributed by atoms with Crippen LogP contribution in [0.25, 0.3) is 0 Å². The molecule has 4 heteroatoms. The molecule has 0 aromatic heterocycles. The smallest absolute Gasteiger partial charge is 0.215 e. The molecular weight excluding hydrogens is 258 g/mol. The zero-order valence-electron chi connectivity index (χ0n) is 11.6. The highest BCUT2D eigenvalue weighted by molar-refractivity contribution is 7.88. The van der Waals surface area contributed by atoms with Crippen molar-refractivity contribution in [2.45, 2.75) is 44.8 Å². The third-order valence-corrected chi connectivity index (χ3v) is 5.08. The molecule has 106 valence electrons. The summed E-state index contributed by atoms with van der Waals surface area (Å²) in [5, 5.41) is 0. The maximum Gasteiger partial charge on any atom is 0.215 e. The largest absolute Gasteiger partial charge is 0.215 e. The van der Waals surface area contributed by atoms with Crippen LogP contribution in [0.4, 0.5) is 0 Å². The molecule has 1 aromatic rings. The lowest BCUT2D eigenvalue weighted by molar-refractivity contribution is 0.357. The Kier molecular flexibility index (Phi) is 4.99. The molecule has 0 atom stereocenters. The van der Waals surface area contributed by atoms with Crippen molar-refractivity contribution in [1.29, 1.82) is 0 Å². The van der Waals surface area contributed by atoms with Crippen LogP contribution in [0.1, 0.15) is 43.2 Å². The fourth-order valence-corrected chi connectivity index (χ4v) is 3.92. The lowest BCUT2D eigenvalue weighted by Crippen LogP contribution is -2.31. The van der Waals surface area contributed by atoms with Crippen LogP contribution in [0.15, 0.2) is 24.3 Å². The van der Waals surface area contributed by atoms with Crippen molar-refractivity contribution in [3.05, 3.63) is 35.4 Å². The first-order chi connectivity index (χ1) is 9.05. The summed E-state index contributed by atoms with van der Waals surface area (Å²) in [6, 6.07) is 7.68. The van der Waals surface area contributed by atoms with Crippen molar-refractivity contribution in [3.8, 4) is 0 Å². The number of sulfonamides is 1. The normalized spacial score (nSPS) is 17.5. The second-order valence-corrected chi connectivity index (χ2v) is 7.41. The average Bonchev–Trinajstić information content (AvgIpc) is 2.37. The van der Waals surface area contributed by atoms with E-state index < -0.39 is 10.0 Å². The zero-order valence-corrected chi connectivity index (χ0v) is 12.4. The Morgan fingerprint density at radius 3 is 2.63 bits per heavy atom. The van der Waals surface area contributed by atoms with E-state index in [0.717, 1.165) is 24.0 Å². The van der Waals surface area contributed by atoms with Crippen LogP contribution >= 0.6 is 0 Å². The molecule has 0 unspecified atom stereocenters. The topological polar surface area (TPSA) is 46.2 Å². The maximum absolute atomic E-state index is 12.0. The van der Waals surface area contributed by atoms with E-state index in [1.807, 2.05) is 31.2 Å². The number of benzene rings is 1. The van der Waals surface area contributed by atoms with Crippen molar-refractivity contribution < 1.29 is 8.42 Å². The van der Waals surface area contributed by atoms with Gasteiger partial charge in [0.2, 0.25) is 10.0 Å². The van der Waals surface area contributed by atoms with E-state index in [-0.39, 0.29) is 5.75 Å². The maximum atomic E-state index is 12.0. The molecule has 2 rings (SSSR count). The van der Waals surface area contributed by atoms with Gasteiger partial charge in [0, 0.05) is 6.54 Å². The van der Waals surface area contributed by atoms with E-state index in [1.165, 1.54) is 19.3 Å². The molecule has 1 aromatic carbocycles. The minimum absolute atomic E-state index is 0.0847. The summed E-state index contributed by atoms with van der Waals surface area (Å²) in [6.45, 7) is 2.58. The number of rotatable bonds is 5. The first-order valence-electron chi connectivity index (χ1n) is 7.08. The van der Waals surface area contributed by atoms with Gasteiger partial charge in [-0.1, -0.05) is 49.1 Å².